The summed E-state index contributed by atoms with van der Waals surface area (Å²) < 4.78 is 0. The molecule has 0 spiro atoms. The highest BCUT2D eigenvalue weighted by atomic mass is 32.2. The Kier molecular flexibility index (Phi) is 5.26. The molecule has 0 aromatic carbocycles. The maximum Gasteiger partial charge on any atom is 0.0635 e. The molecule has 0 unspecified atom stereocenters. The van der Waals surface area contributed by atoms with Crippen molar-refractivity contribution < 1.29 is 0 Å². The Morgan fingerprint density at radius 2 is 2.23 bits per heavy atom. The molecule has 0 atom stereocenters. The smallest absolute Gasteiger partial charge is 0.0635 e. The summed E-state index contributed by atoms with van der Waals surface area (Å²) in [6, 6.07) is 3.04. The predicted octanol–water partition coefficient (Wildman–Crippen LogP) is 2.12. The average Bonchev–Trinajstić information content (AvgIpc) is 2.94. The van der Waals surface area contributed by atoms with Gasteiger partial charge in [0, 0.05) is 19.0 Å². The van der Waals surface area contributed by atoms with E-state index in [0.29, 0.717) is 6.42 Å². The van der Waals surface area contributed by atoms with Crippen molar-refractivity contribution in [1.82, 2.24) is 4.90 Å². The minimum Gasteiger partial charge on any atom is -0.299 e. The molecule has 0 aromatic heterocycles. The first-order valence-electron chi connectivity index (χ1n) is 4.98. The zero-order valence-corrected chi connectivity index (χ0v) is 9.15. The van der Waals surface area contributed by atoms with Gasteiger partial charge < -0.3 is 0 Å². The van der Waals surface area contributed by atoms with Gasteiger partial charge in [-0.3, -0.25) is 4.90 Å². The van der Waals surface area contributed by atoms with Gasteiger partial charge >= 0.3 is 0 Å². The lowest BCUT2D eigenvalue weighted by atomic mass is 10.3. The topological polar surface area (TPSA) is 27.0 Å². The highest BCUT2D eigenvalue weighted by Crippen LogP contribution is 2.26. The second kappa shape index (κ2) is 6.28. The Labute approximate surface area is 85.3 Å². The molecular formula is C10H18N2S. The van der Waals surface area contributed by atoms with Gasteiger partial charge in [0.05, 0.1) is 6.07 Å². The molecule has 1 saturated carbocycles. The number of nitriles is 1. The lowest BCUT2D eigenvalue weighted by Crippen LogP contribution is -2.28. The van der Waals surface area contributed by atoms with Crippen LogP contribution in [0.2, 0.25) is 0 Å². The molecule has 0 amide bonds. The average molecular weight is 198 g/mol. The molecule has 0 N–H and O–H groups in total. The predicted molar refractivity (Wildman–Crippen MR) is 57.8 cm³/mol. The van der Waals surface area contributed by atoms with Crippen molar-refractivity contribution in [3.63, 3.8) is 0 Å². The molecule has 74 valence electrons. The fraction of sp³-hybridized carbons (Fsp3) is 0.900. The Morgan fingerprint density at radius 3 is 2.77 bits per heavy atom. The normalized spacial score (nSPS) is 16.1. The number of nitrogens with zero attached hydrogens (tertiary/aromatic N) is 2. The quantitative estimate of drug-likeness (QED) is 0.586. The summed E-state index contributed by atoms with van der Waals surface area (Å²) in [4.78, 5) is 2.49. The third-order valence-corrected chi connectivity index (χ3v) is 3.06. The van der Waals surface area contributed by atoms with Crippen molar-refractivity contribution in [1.29, 1.82) is 5.26 Å². The number of hydrogen-bond donors (Lipinski definition) is 0. The number of hydrogen-bond acceptors (Lipinski definition) is 3. The minimum absolute atomic E-state index is 0.690. The summed E-state index contributed by atoms with van der Waals surface area (Å²) in [5.74, 6) is 1.25. The molecule has 0 aliphatic heterocycles. The second-order valence-corrected chi connectivity index (χ2v) is 4.51. The summed E-state index contributed by atoms with van der Waals surface area (Å²) in [6.45, 7) is 2.17. The van der Waals surface area contributed by atoms with Gasteiger partial charge in [-0.05, 0) is 37.8 Å². The van der Waals surface area contributed by atoms with Crippen LogP contribution < -0.4 is 0 Å². The zero-order chi connectivity index (χ0) is 9.52. The van der Waals surface area contributed by atoms with E-state index in [1.54, 1.807) is 0 Å². The molecule has 13 heavy (non-hydrogen) atoms. The zero-order valence-electron chi connectivity index (χ0n) is 8.33. The highest BCUT2D eigenvalue weighted by molar-refractivity contribution is 7.98. The van der Waals surface area contributed by atoms with Crippen molar-refractivity contribution in [2.75, 3.05) is 25.1 Å². The van der Waals surface area contributed by atoms with Crippen LogP contribution >= 0.6 is 11.8 Å². The van der Waals surface area contributed by atoms with E-state index < -0.39 is 0 Å². The molecule has 0 aromatic rings. The van der Waals surface area contributed by atoms with E-state index in [1.165, 1.54) is 31.6 Å². The van der Waals surface area contributed by atoms with Crippen LogP contribution in [-0.4, -0.2) is 36.0 Å². The highest BCUT2D eigenvalue weighted by Gasteiger charge is 2.27. The third-order valence-electron chi connectivity index (χ3n) is 2.37. The molecule has 3 heteroatoms. The van der Waals surface area contributed by atoms with Crippen LogP contribution in [0.3, 0.4) is 0 Å². The van der Waals surface area contributed by atoms with E-state index in [-0.39, 0.29) is 0 Å². The molecule has 0 saturated heterocycles. The first-order valence-corrected chi connectivity index (χ1v) is 6.38. The first kappa shape index (κ1) is 10.9. The van der Waals surface area contributed by atoms with Gasteiger partial charge in [-0.2, -0.15) is 17.0 Å². The van der Waals surface area contributed by atoms with Crippen LogP contribution in [0.15, 0.2) is 0 Å². The fourth-order valence-corrected chi connectivity index (χ4v) is 1.94. The Bertz CT molecular complexity index is 172. The van der Waals surface area contributed by atoms with Crippen LogP contribution in [0, 0.1) is 11.3 Å². The van der Waals surface area contributed by atoms with Gasteiger partial charge in [0.1, 0.15) is 0 Å². The number of rotatable bonds is 7. The Hall–Kier alpha value is -0.200. The molecule has 2 nitrogen and oxygen atoms in total. The summed E-state index contributed by atoms with van der Waals surface area (Å²) in [5, 5.41) is 8.51. The van der Waals surface area contributed by atoms with Crippen LogP contribution in [0.5, 0.6) is 0 Å². The van der Waals surface area contributed by atoms with Crippen LogP contribution in [0.25, 0.3) is 0 Å². The summed E-state index contributed by atoms with van der Waals surface area (Å²) in [6.07, 6.45) is 6.81. The van der Waals surface area contributed by atoms with Gasteiger partial charge in [-0.15, -0.1) is 0 Å². The van der Waals surface area contributed by atoms with Gasteiger partial charge in [0.2, 0.25) is 0 Å². The molecule has 0 heterocycles. The minimum atomic E-state index is 0.690. The molecule has 0 bridgehead atoms. The third kappa shape index (κ3) is 4.54. The molecular weight excluding hydrogens is 180 g/mol. The second-order valence-electron chi connectivity index (χ2n) is 3.52. The number of thioether (sulfide) groups is 1. The molecule has 1 fully saturated rings. The molecule has 1 rings (SSSR count). The van der Waals surface area contributed by atoms with E-state index >= 15 is 0 Å². The van der Waals surface area contributed by atoms with Gasteiger partial charge in [0.25, 0.3) is 0 Å². The van der Waals surface area contributed by atoms with Crippen molar-refractivity contribution >= 4 is 11.8 Å². The lowest BCUT2D eigenvalue weighted by Gasteiger charge is -2.19. The largest absolute Gasteiger partial charge is 0.299 e. The van der Waals surface area contributed by atoms with E-state index in [0.717, 1.165) is 12.6 Å². The Balaban J connectivity index is 2.10. The van der Waals surface area contributed by atoms with E-state index in [1.807, 2.05) is 11.8 Å². The molecule has 1 aliphatic carbocycles. The van der Waals surface area contributed by atoms with Gasteiger partial charge in [-0.1, -0.05) is 0 Å². The van der Waals surface area contributed by atoms with Crippen molar-refractivity contribution in [2.45, 2.75) is 31.7 Å². The maximum atomic E-state index is 8.51. The van der Waals surface area contributed by atoms with E-state index in [4.69, 9.17) is 5.26 Å². The Morgan fingerprint density at radius 1 is 1.46 bits per heavy atom. The summed E-state index contributed by atoms with van der Waals surface area (Å²) in [7, 11) is 0. The monoisotopic (exact) mass is 198 g/mol. The van der Waals surface area contributed by atoms with E-state index in [9.17, 15) is 0 Å². The van der Waals surface area contributed by atoms with Crippen molar-refractivity contribution in [2.24, 2.45) is 0 Å². The summed E-state index contributed by atoms with van der Waals surface area (Å²) >= 11 is 1.91. The van der Waals surface area contributed by atoms with E-state index in [2.05, 4.69) is 17.2 Å². The standard InChI is InChI=1S/C10H18N2S/c1-13-9-3-8-12(7-2-6-11)10-4-5-10/h10H,2-5,7-9H2,1H3. The van der Waals surface area contributed by atoms with Gasteiger partial charge in [-0.25, -0.2) is 0 Å². The van der Waals surface area contributed by atoms with Crippen LogP contribution in [-0.2, 0) is 0 Å². The lowest BCUT2D eigenvalue weighted by molar-refractivity contribution is 0.271. The van der Waals surface area contributed by atoms with Gasteiger partial charge in [0.15, 0.2) is 0 Å². The van der Waals surface area contributed by atoms with Crippen LogP contribution in [0.4, 0.5) is 0 Å². The molecule has 1 aliphatic rings. The SMILES string of the molecule is CSCCCN(CCC#N)C1CC1. The van der Waals surface area contributed by atoms with Crippen LogP contribution in [0.1, 0.15) is 25.7 Å². The maximum absolute atomic E-state index is 8.51. The fourth-order valence-electron chi connectivity index (χ4n) is 1.52. The first-order chi connectivity index (χ1) is 6.38. The molecule has 0 radical (unpaired) electrons. The van der Waals surface area contributed by atoms with Crippen molar-refractivity contribution in [3.05, 3.63) is 0 Å². The summed E-state index contributed by atoms with van der Waals surface area (Å²) in [5.41, 5.74) is 0. The van der Waals surface area contributed by atoms with Crippen molar-refractivity contribution in [3.8, 4) is 6.07 Å².